The maximum absolute atomic E-state index is 10.9. The number of anilines is 1. The highest BCUT2D eigenvalue weighted by molar-refractivity contribution is 6.33. The molecule has 17 heavy (non-hydrogen) atoms. The van der Waals surface area contributed by atoms with Crippen molar-refractivity contribution in [2.75, 3.05) is 19.0 Å². The summed E-state index contributed by atoms with van der Waals surface area (Å²) in [6.07, 6.45) is 0. The average Bonchev–Trinajstić information content (AvgIpc) is 2.26. The molecule has 0 unspecified atom stereocenters. The third-order valence-corrected chi connectivity index (χ3v) is 2.41. The maximum Gasteiger partial charge on any atom is 0.339 e. The zero-order valence-corrected chi connectivity index (χ0v) is 10.5. The van der Waals surface area contributed by atoms with Crippen molar-refractivity contribution in [2.45, 2.75) is 6.92 Å². The highest BCUT2D eigenvalue weighted by Crippen LogP contribution is 2.31. The Morgan fingerprint density at radius 3 is 2.71 bits per heavy atom. The lowest BCUT2D eigenvalue weighted by molar-refractivity contribution is 0.0693. The fourth-order valence-electron chi connectivity index (χ4n) is 1.27. The quantitative estimate of drug-likeness (QED) is 0.794. The lowest BCUT2D eigenvalue weighted by Gasteiger charge is -2.12. The van der Waals surface area contributed by atoms with Gasteiger partial charge in [-0.05, 0) is 13.0 Å². The maximum atomic E-state index is 10.9. The monoisotopic (exact) mass is 255 g/mol. The van der Waals surface area contributed by atoms with E-state index in [-0.39, 0.29) is 11.3 Å². The summed E-state index contributed by atoms with van der Waals surface area (Å²) in [7, 11) is 1.41. The molecule has 0 aliphatic carbocycles. The number of ether oxygens (including phenoxy) is 1. The number of aromatic carboxylic acids is 1. The Kier molecular flexibility index (Phi) is 4.40. The molecule has 4 nitrogen and oxygen atoms in total. The van der Waals surface area contributed by atoms with Gasteiger partial charge in [0.1, 0.15) is 11.3 Å². The summed E-state index contributed by atoms with van der Waals surface area (Å²) < 4.78 is 5.01. The van der Waals surface area contributed by atoms with Gasteiger partial charge >= 0.3 is 5.97 Å². The number of hydrogen-bond acceptors (Lipinski definition) is 3. The molecule has 0 saturated heterocycles. The largest absolute Gasteiger partial charge is 0.496 e. The lowest BCUT2D eigenvalue weighted by Crippen LogP contribution is -2.05. The number of carboxylic acid groups (broad SMARTS) is 1. The van der Waals surface area contributed by atoms with E-state index in [1.165, 1.54) is 13.2 Å². The Labute approximate surface area is 105 Å². The SMILES string of the molecule is C=C(C)CNc1cc(OC)c(C(=O)O)cc1Cl. The van der Waals surface area contributed by atoms with Crippen molar-refractivity contribution in [3.05, 3.63) is 34.9 Å². The van der Waals surface area contributed by atoms with Crippen LogP contribution >= 0.6 is 11.6 Å². The molecule has 5 heteroatoms. The number of carbonyl (C=O) groups is 1. The Hall–Kier alpha value is -1.68. The summed E-state index contributed by atoms with van der Waals surface area (Å²) in [5, 5.41) is 12.3. The molecule has 0 atom stereocenters. The Morgan fingerprint density at radius 2 is 2.24 bits per heavy atom. The van der Waals surface area contributed by atoms with Crippen molar-refractivity contribution in [3.8, 4) is 5.75 Å². The zero-order valence-electron chi connectivity index (χ0n) is 9.71. The summed E-state index contributed by atoms with van der Waals surface area (Å²) in [6.45, 7) is 6.20. The average molecular weight is 256 g/mol. The van der Waals surface area contributed by atoms with Gasteiger partial charge in [-0.2, -0.15) is 0 Å². The fraction of sp³-hybridized carbons (Fsp3) is 0.250. The van der Waals surface area contributed by atoms with E-state index < -0.39 is 5.97 Å². The molecule has 0 radical (unpaired) electrons. The van der Waals surface area contributed by atoms with E-state index in [1.807, 2.05) is 6.92 Å². The van der Waals surface area contributed by atoms with Crippen LogP contribution < -0.4 is 10.1 Å². The molecule has 1 aromatic rings. The number of hydrogen-bond donors (Lipinski definition) is 2. The molecule has 0 saturated carbocycles. The van der Waals surface area contributed by atoms with Crippen LogP contribution in [0.15, 0.2) is 24.3 Å². The normalized spacial score (nSPS) is 9.82. The van der Waals surface area contributed by atoms with Gasteiger partial charge in [-0.3, -0.25) is 0 Å². The third-order valence-electron chi connectivity index (χ3n) is 2.10. The highest BCUT2D eigenvalue weighted by atomic mass is 35.5. The second-order valence-electron chi connectivity index (χ2n) is 3.65. The smallest absolute Gasteiger partial charge is 0.339 e. The summed E-state index contributed by atoms with van der Waals surface area (Å²) in [5.74, 6) is -0.804. The van der Waals surface area contributed by atoms with E-state index in [9.17, 15) is 4.79 Å². The minimum absolute atomic E-state index is 0.0402. The second-order valence-corrected chi connectivity index (χ2v) is 4.06. The minimum Gasteiger partial charge on any atom is -0.496 e. The van der Waals surface area contributed by atoms with Crippen molar-refractivity contribution in [2.24, 2.45) is 0 Å². The van der Waals surface area contributed by atoms with Gasteiger partial charge in [-0.25, -0.2) is 4.79 Å². The predicted octanol–water partition coefficient (Wildman–Crippen LogP) is 3.03. The molecule has 0 fully saturated rings. The molecule has 0 heterocycles. The van der Waals surface area contributed by atoms with Crippen LogP contribution in [0.4, 0.5) is 5.69 Å². The van der Waals surface area contributed by atoms with Crippen molar-refractivity contribution < 1.29 is 14.6 Å². The first-order valence-electron chi connectivity index (χ1n) is 4.94. The van der Waals surface area contributed by atoms with Gasteiger partial charge in [0.15, 0.2) is 0 Å². The van der Waals surface area contributed by atoms with Crippen LogP contribution in [0, 0.1) is 0 Å². The zero-order chi connectivity index (χ0) is 13.0. The molecular weight excluding hydrogens is 242 g/mol. The molecule has 1 rings (SSSR count). The summed E-state index contributed by atoms with van der Waals surface area (Å²) in [4.78, 5) is 10.9. The van der Waals surface area contributed by atoms with Gasteiger partial charge in [0.05, 0.1) is 17.8 Å². The molecular formula is C12H14ClNO3. The fourth-order valence-corrected chi connectivity index (χ4v) is 1.50. The van der Waals surface area contributed by atoms with Crippen LogP contribution in [0.5, 0.6) is 5.75 Å². The summed E-state index contributed by atoms with van der Waals surface area (Å²) in [5.41, 5.74) is 1.61. The van der Waals surface area contributed by atoms with Gasteiger partial charge < -0.3 is 15.2 Å². The van der Waals surface area contributed by atoms with Crippen LogP contribution in [-0.2, 0) is 0 Å². The van der Waals surface area contributed by atoms with Crippen LogP contribution in [0.3, 0.4) is 0 Å². The number of halogens is 1. The summed E-state index contributed by atoms with van der Waals surface area (Å²) >= 11 is 5.97. The van der Waals surface area contributed by atoms with Crippen molar-refractivity contribution in [1.29, 1.82) is 0 Å². The number of nitrogens with one attached hydrogen (secondary N) is 1. The van der Waals surface area contributed by atoms with Gasteiger partial charge in [0.2, 0.25) is 0 Å². The van der Waals surface area contributed by atoms with Crippen molar-refractivity contribution >= 4 is 23.3 Å². The van der Waals surface area contributed by atoms with Gasteiger partial charge in [-0.1, -0.05) is 23.8 Å². The Bertz CT molecular complexity index is 457. The molecule has 0 spiro atoms. The van der Waals surface area contributed by atoms with E-state index in [0.717, 1.165) is 5.57 Å². The molecule has 2 N–H and O–H groups in total. The van der Waals surface area contributed by atoms with Crippen LogP contribution in [-0.4, -0.2) is 24.7 Å². The Balaban J connectivity index is 3.08. The number of carboxylic acids is 1. The van der Waals surface area contributed by atoms with Gasteiger partial charge in [-0.15, -0.1) is 0 Å². The minimum atomic E-state index is -1.07. The van der Waals surface area contributed by atoms with E-state index >= 15 is 0 Å². The van der Waals surface area contributed by atoms with Gasteiger partial charge in [0.25, 0.3) is 0 Å². The van der Waals surface area contributed by atoms with E-state index in [4.69, 9.17) is 21.4 Å². The standard InChI is InChI=1S/C12H14ClNO3/c1-7(2)6-14-10-5-11(17-3)8(12(15)16)4-9(10)13/h4-5,14H,1,6H2,2-3H3,(H,15,16). The topological polar surface area (TPSA) is 58.6 Å². The Morgan fingerprint density at radius 1 is 1.59 bits per heavy atom. The first-order valence-corrected chi connectivity index (χ1v) is 5.32. The number of methoxy groups -OCH3 is 1. The third kappa shape index (κ3) is 3.39. The first-order chi connectivity index (χ1) is 7.95. The first kappa shape index (κ1) is 13.4. The molecule has 92 valence electrons. The second kappa shape index (κ2) is 5.59. The van der Waals surface area contributed by atoms with Crippen molar-refractivity contribution in [3.63, 3.8) is 0 Å². The molecule has 0 amide bonds. The van der Waals surface area contributed by atoms with Gasteiger partial charge in [0, 0.05) is 12.6 Å². The van der Waals surface area contributed by atoms with E-state index in [0.29, 0.717) is 17.3 Å². The molecule has 0 bridgehead atoms. The predicted molar refractivity (Wildman–Crippen MR) is 68.3 cm³/mol. The number of benzene rings is 1. The lowest BCUT2D eigenvalue weighted by atomic mass is 10.1. The van der Waals surface area contributed by atoms with E-state index in [2.05, 4.69) is 11.9 Å². The van der Waals surface area contributed by atoms with Crippen molar-refractivity contribution in [1.82, 2.24) is 0 Å². The molecule has 0 aliphatic heterocycles. The highest BCUT2D eigenvalue weighted by Gasteiger charge is 2.14. The van der Waals surface area contributed by atoms with E-state index in [1.54, 1.807) is 6.07 Å². The van der Waals surface area contributed by atoms with Crippen LogP contribution in [0.1, 0.15) is 17.3 Å². The van der Waals surface area contributed by atoms with Crippen LogP contribution in [0.25, 0.3) is 0 Å². The molecule has 0 aromatic heterocycles. The van der Waals surface area contributed by atoms with Crippen LogP contribution in [0.2, 0.25) is 5.02 Å². The molecule has 0 aliphatic rings. The summed E-state index contributed by atoms with van der Waals surface area (Å²) in [6, 6.07) is 2.93. The number of rotatable bonds is 5. The molecule has 1 aromatic carbocycles.